The Hall–Kier alpha value is -2.95. The van der Waals surface area contributed by atoms with Crippen molar-refractivity contribution < 1.29 is 50.8 Å². The van der Waals surface area contributed by atoms with Crippen LogP contribution in [0.15, 0.2) is 48.5 Å². The molecule has 2 N–H and O–H groups in total. The molecular formula is C19H16F6O5. The summed E-state index contributed by atoms with van der Waals surface area (Å²) in [5, 5.41) is 18.1. The first kappa shape index (κ1) is 23.3. The number of benzene rings is 2. The molecule has 2 aromatic rings. The van der Waals surface area contributed by atoms with Gasteiger partial charge in [-0.1, -0.05) is 24.3 Å². The van der Waals surface area contributed by atoms with Gasteiger partial charge >= 0.3 is 18.3 Å². The largest absolute Gasteiger partial charge is 0.490 e. The van der Waals surface area contributed by atoms with Gasteiger partial charge in [0.15, 0.2) is 0 Å². The van der Waals surface area contributed by atoms with Crippen LogP contribution >= 0.6 is 0 Å². The molecule has 0 saturated heterocycles. The number of alkyl halides is 6. The molecule has 0 radical (unpaired) electrons. The van der Waals surface area contributed by atoms with Gasteiger partial charge in [0.25, 0.3) is 5.60 Å². The summed E-state index contributed by atoms with van der Waals surface area (Å²) >= 11 is 0. The van der Waals surface area contributed by atoms with Crippen molar-refractivity contribution in [2.45, 2.75) is 24.4 Å². The molecule has 30 heavy (non-hydrogen) atoms. The Kier molecular flexibility index (Phi) is 6.86. The van der Waals surface area contributed by atoms with Gasteiger partial charge in [0.1, 0.15) is 24.7 Å². The van der Waals surface area contributed by atoms with Gasteiger partial charge < -0.3 is 19.7 Å². The van der Waals surface area contributed by atoms with Gasteiger partial charge in [-0.25, -0.2) is 0 Å². The molecular weight excluding hydrogens is 422 g/mol. The highest BCUT2D eigenvalue weighted by Crippen LogP contribution is 2.50. The minimum absolute atomic E-state index is 0.0205. The lowest BCUT2D eigenvalue weighted by Crippen LogP contribution is -2.53. The van der Waals surface area contributed by atoms with Crippen molar-refractivity contribution in [2.24, 2.45) is 0 Å². The fourth-order valence-corrected chi connectivity index (χ4v) is 2.52. The molecule has 0 aromatic heterocycles. The molecule has 0 atom stereocenters. The van der Waals surface area contributed by atoms with Crippen LogP contribution in [0.2, 0.25) is 0 Å². The zero-order valence-electron chi connectivity index (χ0n) is 15.1. The summed E-state index contributed by atoms with van der Waals surface area (Å²) in [6.07, 6.45) is -12.1. The summed E-state index contributed by atoms with van der Waals surface area (Å²) in [5.74, 6) is -0.677. The van der Waals surface area contributed by atoms with Gasteiger partial charge in [0.05, 0.1) is 6.42 Å². The Morgan fingerprint density at radius 2 is 1.37 bits per heavy atom. The Bertz CT molecular complexity index is 847. The van der Waals surface area contributed by atoms with E-state index in [4.69, 9.17) is 14.6 Å². The number of hydrogen-bond acceptors (Lipinski definition) is 4. The highest BCUT2D eigenvalue weighted by atomic mass is 19.4. The van der Waals surface area contributed by atoms with E-state index < -0.39 is 29.5 Å². The number of carbonyl (C=O) groups is 1. The average Bonchev–Trinajstić information content (AvgIpc) is 2.63. The fourth-order valence-electron chi connectivity index (χ4n) is 2.52. The molecule has 0 unspecified atom stereocenters. The van der Waals surface area contributed by atoms with Gasteiger partial charge in [0, 0.05) is 5.56 Å². The van der Waals surface area contributed by atoms with E-state index in [-0.39, 0.29) is 25.4 Å². The number of carboxylic acids is 1. The lowest BCUT2D eigenvalue weighted by molar-refractivity contribution is -0.376. The summed E-state index contributed by atoms with van der Waals surface area (Å²) in [5.41, 5.74) is -5.87. The number of ether oxygens (including phenoxy) is 2. The maximum Gasteiger partial charge on any atom is 0.430 e. The van der Waals surface area contributed by atoms with Crippen molar-refractivity contribution in [2.75, 3.05) is 13.2 Å². The smallest absolute Gasteiger partial charge is 0.430 e. The van der Waals surface area contributed by atoms with E-state index in [9.17, 15) is 36.2 Å². The normalized spacial score (nSPS) is 12.5. The molecule has 0 aliphatic rings. The molecule has 0 amide bonds. The minimum Gasteiger partial charge on any atom is -0.490 e. The predicted molar refractivity (Wildman–Crippen MR) is 91.2 cm³/mol. The number of carboxylic acid groups (broad SMARTS) is 1. The molecule has 0 bridgehead atoms. The average molecular weight is 438 g/mol. The number of halogens is 6. The van der Waals surface area contributed by atoms with Gasteiger partial charge in [-0.05, 0) is 29.8 Å². The Balaban J connectivity index is 1.96. The fraction of sp³-hybridized carbons (Fsp3) is 0.316. The monoisotopic (exact) mass is 438 g/mol. The van der Waals surface area contributed by atoms with E-state index in [1.807, 2.05) is 0 Å². The molecule has 11 heteroatoms. The van der Waals surface area contributed by atoms with Gasteiger partial charge in [-0.2, -0.15) is 26.3 Å². The van der Waals surface area contributed by atoms with Crippen LogP contribution in [-0.2, 0) is 16.8 Å². The van der Waals surface area contributed by atoms with Crippen molar-refractivity contribution in [3.8, 4) is 11.5 Å². The van der Waals surface area contributed by atoms with Crippen LogP contribution < -0.4 is 9.47 Å². The molecule has 0 aliphatic carbocycles. The Labute approximate surface area is 166 Å². The zero-order valence-corrected chi connectivity index (χ0v) is 15.1. The molecule has 5 nitrogen and oxygen atoms in total. The van der Waals surface area contributed by atoms with Crippen molar-refractivity contribution in [1.29, 1.82) is 0 Å². The summed E-state index contributed by atoms with van der Waals surface area (Å²) < 4.78 is 87.6. The first-order valence-corrected chi connectivity index (χ1v) is 8.37. The Morgan fingerprint density at radius 3 is 1.87 bits per heavy atom. The predicted octanol–water partition coefficient (Wildman–Crippen LogP) is 4.08. The maximum absolute atomic E-state index is 12.8. The van der Waals surface area contributed by atoms with Crippen LogP contribution in [0.25, 0.3) is 0 Å². The van der Waals surface area contributed by atoms with E-state index in [2.05, 4.69) is 0 Å². The van der Waals surface area contributed by atoms with Crippen LogP contribution in [0, 0.1) is 0 Å². The lowest BCUT2D eigenvalue weighted by atomic mass is 9.92. The van der Waals surface area contributed by atoms with Gasteiger partial charge in [-0.15, -0.1) is 0 Å². The molecule has 0 fully saturated rings. The van der Waals surface area contributed by atoms with Crippen LogP contribution in [-0.4, -0.2) is 41.7 Å². The second-order valence-electron chi connectivity index (χ2n) is 6.15. The van der Waals surface area contributed by atoms with E-state index in [1.165, 1.54) is 6.07 Å². The van der Waals surface area contributed by atoms with E-state index in [0.29, 0.717) is 23.4 Å². The van der Waals surface area contributed by atoms with Crippen LogP contribution in [0.1, 0.15) is 11.1 Å². The zero-order chi connectivity index (χ0) is 22.6. The summed E-state index contributed by atoms with van der Waals surface area (Å²) in [4.78, 5) is 10.7. The molecule has 0 spiro atoms. The SMILES string of the molecule is O=C(O)Cc1cccc(OCCOc2ccc(C(O)(C(F)(F)F)C(F)(F)F)cc2)c1. The molecule has 0 heterocycles. The van der Waals surface area contributed by atoms with E-state index in [1.54, 1.807) is 18.2 Å². The van der Waals surface area contributed by atoms with Crippen molar-refractivity contribution >= 4 is 5.97 Å². The number of aliphatic hydroxyl groups is 1. The first-order valence-electron chi connectivity index (χ1n) is 8.37. The number of rotatable bonds is 8. The molecule has 164 valence electrons. The van der Waals surface area contributed by atoms with Crippen molar-refractivity contribution in [1.82, 2.24) is 0 Å². The number of aliphatic carboxylic acids is 1. The van der Waals surface area contributed by atoms with Gasteiger partial charge in [0.2, 0.25) is 0 Å². The lowest BCUT2D eigenvalue weighted by Gasteiger charge is -2.32. The third-order valence-corrected chi connectivity index (χ3v) is 3.97. The van der Waals surface area contributed by atoms with Crippen LogP contribution in [0.3, 0.4) is 0 Å². The van der Waals surface area contributed by atoms with Crippen molar-refractivity contribution in [3.63, 3.8) is 0 Å². The summed E-state index contributed by atoms with van der Waals surface area (Å²) in [6.45, 7) is -0.112. The summed E-state index contributed by atoms with van der Waals surface area (Å²) in [6, 6.07) is 8.97. The topological polar surface area (TPSA) is 76.0 Å². The quantitative estimate of drug-likeness (QED) is 0.480. The molecule has 0 saturated carbocycles. The second-order valence-corrected chi connectivity index (χ2v) is 6.15. The third-order valence-electron chi connectivity index (χ3n) is 3.97. The Morgan fingerprint density at radius 1 is 0.833 bits per heavy atom. The summed E-state index contributed by atoms with van der Waals surface area (Å²) in [7, 11) is 0. The highest BCUT2D eigenvalue weighted by Gasteiger charge is 2.71. The molecule has 2 aromatic carbocycles. The first-order chi connectivity index (χ1) is 13.8. The molecule has 0 aliphatic heterocycles. The third kappa shape index (κ3) is 5.35. The van der Waals surface area contributed by atoms with E-state index in [0.717, 1.165) is 12.1 Å². The second kappa shape index (κ2) is 8.82. The maximum atomic E-state index is 12.8. The van der Waals surface area contributed by atoms with Crippen molar-refractivity contribution in [3.05, 3.63) is 59.7 Å². The standard InChI is InChI=1S/C19H16F6O5/c20-18(21,22)17(28,19(23,24)25)13-4-6-14(7-5-13)29-8-9-30-15-3-1-2-12(10-15)11-16(26)27/h1-7,10,28H,8-9,11H2,(H,26,27). The van der Waals surface area contributed by atoms with Crippen LogP contribution in [0.5, 0.6) is 11.5 Å². The molecule has 2 rings (SSSR count). The minimum atomic E-state index is -5.96. The van der Waals surface area contributed by atoms with Crippen LogP contribution in [0.4, 0.5) is 26.3 Å². The van der Waals surface area contributed by atoms with E-state index >= 15 is 0 Å². The number of hydrogen-bond donors (Lipinski definition) is 2. The van der Waals surface area contributed by atoms with Gasteiger partial charge in [-0.3, -0.25) is 4.79 Å². The highest BCUT2D eigenvalue weighted by molar-refractivity contribution is 5.70.